The molecule has 0 unspecified atom stereocenters. The Morgan fingerprint density at radius 1 is 0.750 bits per heavy atom. The van der Waals surface area contributed by atoms with Gasteiger partial charge in [0.25, 0.3) is 5.91 Å². The van der Waals surface area contributed by atoms with Gasteiger partial charge in [-0.25, -0.2) is 8.42 Å². The molecule has 7 heteroatoms. The lowest BCUT2D eigenvalue weighted by atomic mass is 9.97. The van der Waals surface area contributed by atoms with Gasteiger partial charge in [0.1, 0.15) is 0 Å². The number of carbonyl (C=O) groups excluding carboxylic acids is 1. The van der Waals surface area contributed by atoms with Crippen molar-refractivity contribution < 1.29 is 17.9 Å². The number of rotatable bonds is 3. The number of amides is 1. The minimum Gasteiger partial charge on any atom is -0.379 e. The fraction of sp³-hybridized carbons (Fsp3) is 0.240. The van der Waals surface area contributed by atoms with Gasteiger partial charge in [-0.15, -0.1) is 0 Å². The van der Waals surface area contributed by atoms with Gasteiger partial charge >= 0.3 is 0 Å². The molecule has 2 heterocycles. The van der Waals surface area contributed by atoms with Crippen molar-refractivity contribution in [1.29, 1.82) is 0 Å². The van der Waals surface area contributed by atoms with Crippen LogP contribution in [-0.4, -0.2) is 49.8 Å². The van der Waals surface area contributed by atoms with Crippen molar-refractivity contribution in [2.24, 2.45) is 0 Å². The van der Waals surface area contributed by atoms with Gasteiger partial charge < -0.3 is 9.64 Å². The first-order valence-corrected chi connectivity index (χ1v) is 12.1. The molecule has 0 N–H and O–H groups in total. The summed E-state index contributed by atoms with van der Waals surface area (Å²) in [6, 6.07) is 22.6. The topological polar surface area (TPSA) is 66.9 Å². The van der Waals surface area contributed by atoms with Gasteiger partial charge in [0.15, 0.2) is 0 Å². The van der Waals surface area contributed by atoms with E-state index < -0.39 is 10.0 Å². The highest BCUT2D eigenvalue weighted by Crippen LogP contribution is 2.33. The van der Waals surface area contributed by atoms with Crippen molar-refractivity contribution in [2.75, 3.05) is 26.3 Å². The fourth-order valence-electron chi connectivity index (χ4n) is 4.42. The highest BCUT2D eigenvalue weighted by Gasteiger charge is 2.32. The Morgan fingerprint density at radius 3 is 1.91 bits per heavy atom. The highest BCUT2D eigenvalue weighted by atomic mass is 32.2. The van der Waals surface area contributed by atoms with Crippen LogP contribution in [0.25, 0.3) is 11.1 Å². The predicted octanol–water partition coefficient (Wildman–Crippen LogP) is 3.53. The van der Waals surface area contributed by atoms with Gasteiger partial charge in [-0.1, -0.05) is 60.7 Å². The zero-order valence-corrected chi connectivity index (χ0v) is 18.4. The summed E-state index contributed by atoms with van der Waals surface area (Å²) in [5.74, 6) is -0.288. The van der Waals surface area contributed by atoms with Crippen molar-refractivity contribution >= 4 is 15.9 Å². The standard InChI is InChI=1S/C25H24N2O4S/c28-25(23-11-5-6-12-24(23)32(29,30)27-13-15-31-16-14-27)26-17-19-7-1-3-9-21(19)22-10-4-2-8-20(22)18-26/h1-12H,13-18H2. The molecule has 0 bridgehead atoms. The molecule has 3 aromatic carbocycles. The summed E-state index contributed by atoms with van der Waals surface area (Å²) in [6.07, 6.45) is 0. The number of benzene rings is 3. The van der Waals surface area contributed by atoms with Crippen LogP contribution in [0.3, 0.4) is 0 Å². The second-order valence-electron chi connectivity index (χ2n) is 7.99. The molecule has 0 atom stereocenters. The smallest absolute Gasteiger partial charge is 0.255 e. The molecule has 0 aromatic heterocycles. The molecule has 32 heavy (non-hydrogen) atoms. The first-order valence-electron chi connectivity index (χ1n) is 10.7. The van der Waals surface area contributed by atoms with Crippen LogP contribution in [-0.2, 0) is 27.8 Å². The lowest BCUT2D eigenvalue weighted by Crippen LogP contribution is -2.41. The quantitative estimate of drug-likeness (QED) is 0.615. The zero-order chi connectivity index (χ0) is 22.1. The van der Waals surface area contributed by atoms with Crippen LogP contribution >= 0.6 is 0 Å². The number of hydrogen-bond donors (Lipinski definition) is 0. The third kappa shape index (κ3) is 3.72. The SMILES string of the molecule is O=C(c1ccccc1S(=O)(=O)N1CCOCC1)N1Cc2ccccc2-c2ccccc2C1. The molecule has 2 aliphatic rings. The van der Waals surface area contributed by atoms with Crippen LogP contribution < -0.4 is 0 Å². The van der Waals surface area contributed by atoms with Crippen LogP contribution in [0.1, 0.15) is 21.5 Å². The molecule has 1 saturated heterocycles. The second kappa shape index (κ2) is 8.50. The van der Waals surface area contributed by atoms with Crippen LogP contribution in [0.5, 0.6) is 0 Å². The summed E-state index contributed by atoms with van der Waals surface area (Å²) in [7, 11) is -3.80. The third-order valence-electron chi connectivity index (χ3n) is 6.04. The Hall–Kier alpha value is -3.00. The van der Waals surface area contributed by atoms with E-state index in [-0.39, 0.29) is 29.5 Å². The maximum Gasteiger partial charge on any atom is 0.255 e. The van der Waals surface area contributed by atoms with E-state index in [0.29, 0.717) is 26.3 Å². The molecule has 0 aliphatic carbocycles. The summed E-state index contributed by atoms with van der Waals surface area (Å²) in [5, 5.41) is 0. The van der Waals surface area contributed by atoms with Gasteiger partial charge in [0.05, 0.1) is 23.7 Å². The summed E-state index contributed by atoms with van der Waals surface area (Å²) in [5.41, 5.74) is 4.50. The van der Waals surface area contributed by atoms with Crippen molar-refractivity contribution in [2.45, 2.75) is 18.0 Å². The number of sulfonamides is 1. The molecule has 3 aromatic rings. The molecule has 0 saturated carbocycles. The largest absolute Gasteiger partial charge is 0.379 e. The number of ether oxygens (including phenoxy) is 1. The van der Waals surface area contributed by atoms with E-state index in [1.54, 1.807) is 23.1 Å². The van der Waals surface area contributed by atoms with Crippen LogP contribution in [0.4, 0.5) is 0 Å². The number of fused-ring (bicyclic) bond motifs is 3. The van der Waals surface area contributed by atoms with Gasteiger partial charge in [-0.2, -0.15) is 4.31 Å². The molecular formula is C25H24N2O4S. The maximum absolute atomic E-state index is 13.7. The minimum absolute atomic E-state index is 0.0534. The monoisotopic (exact) mass is 448 g/mol. The molecule has 6 nitrogen and oxygen atoms in total. The number of morpholine rings is 1. The molecule has 1 fully saturated rings. The second-order valence-corrected chi connectivity index (χ2v) is 9.89. The Kier molecular flexibility index (Phi) is 5.55. The fourth-order valence-corrected chi connectivity index (χ4v) is 6.01. The Morgan fingerprint density at radius 2 is 1.28 bits per heavy atom. The van der Waals surface area contributed by atoms with E-state index in [9.17, 15) is 13.2 Å². The van der Waals surface area contributed by atoms with Crippen LogP contribution in [0.15, 0.2) is 77.7 Å². The summed E-state index contributed by atoms with van der Waals surface area (Å²) in [6.45, 7) is 2.11. The van der Waals surface area contributed by atoms with Crippen molar-refractivity contribution in [3.05, 3.63) is 89.5 Å². The predicted molar refractivity (Wildman–Crippen MR) is 121 cm³/mol. The van der Waals surface area contributed by atoms with Gasteiger partial charge in [0, 0.05) is 26.2 Å². The summed E-state index contributed by atoms with van der Waals surface area (Å²) >= 11 is 0. The van der Waals surface area contributed by atoms with E-state index >= 15 is 0 Å². The van der Waals surface area contributed by atoms with E-state index in [1.807, 2.05) is 36.4 Å². The van der Waals surface area contributed by atoms with Crippen LogP contribution in [0, 0.1) is 0 Å². The molecular weight excluding hydrogens is 424 g/mol. The molecule has 0 spiro atoms. The molecule has 1 amide bonds. The summed E-state index contributed by atoms with van der Waals surface area (Å²) in [4.78, 5) is 15.5. The van der Waals surface area contributed by atoms with Gasteiger partial charge in [-0.05, 0) is 34.4 Å². The lowest BCUT2D eigenvalue weighted by Gasteiger charge is -2.28. The molecule has 0 radical (unpaired) electrons. The van der Waals surface area contributed by atoms with E-state index in [1.165, 1.54) is 10.4 Å². The van der Waals surface area contributed by atoms with Crippen molar-refractivity contribution in [3.8, 4) is 11.1 Å². The maximum atomic E-state index is 13.7. The number of hydrogen-bond acceptors (Lipinski definition) is 4. The highest BCUT2D eigenvalue weighted by molar-refractivity contribution is 7.89. The summed E-state index contributed by atoms with van der Waals surface area (Å²) < 4.78 is 33.4. The zero-order valence-electron chi connectivity index (χ0n) is 17.6. The number of carbonyl (C=O) groups is 1. The first-order chi connectivity index (χ1) is 15.6. The van der Waals surface area contributed by atoms with Crippen LogP contribution in [0.2, 0.25) is 0 Å². The first kappa shape index (κ1) is 20.9. The van der Waals surface area contributed by atoms with Crippen molar-refractivity contribution in [1.82, 2.24) is 9.21 Å². The Balaban J connectivity index is 1.55. The van der Waals surface area contributed by atoms with E-state index in [0.717, 1.165) is 22.3 Å². The lowest BCUT2D eigenvalue weighted by molar-refractivity contribution is 0.0716. The normalized spacial score (nSPS) is 16.7. The molecule has 5 rings (SSSR count). The van der Waals surface area contributed by atoms with Gasteiger partial charge in [-0.3, -0.25) is 4.79 Å². The molecule has 2 aliphatic heterocycles. The molecule has 164 valence electrons. The third-order valence-corrected chi connectivity index (χ3v) is 8.00. The minimum atomic E-state index is -3.80. The van der Waals surface area contributed by atoms with E-state index in [2.05, 4.69) is 12.1 Å². The van der Waals surface area contributed by atoms with Crippen molar-refractivity contribution in [3.63, 3.8) is 0 Å². The van der Waals surface area contributed by atoms with Gasteiger partial charge in [0.2, 0.25) is 10.0 Å². The van der Waals surface area contributed by atoms with E-state index in [4.69, 9.17) is 4.74 Å². The average molecular weight is 449 g/mol. The number of nitrogens with zero attached hydrogens (tertiary/aromatic N) is 2. The Labute approximate surface area is 188 Å². The Bertz CT molecular complexity index is 1220. The average Bonchev–Trinajstić information content (AvgIpc) is 3.01.